The SMILES string of the molecule is Cc1cccc(C2Nc3cc(NC(=O)[C@@H]4C[C@H]4c4ccccc4)cc4c3C2=CNNC4=O)c1. The lowest BCUT2D eigenvalue weighted by Crippen LogP contribution is -2.32. The topological polar surface area (TPSA) is 82.3 Å². The second kappa shape index (κ2) is 7.52. The number of aryl methyl sites for hydroxylation is 1. The fraction of sp³-hybridized carbons (Fsp3) is 0.185. The first-order valence-electron chi connectivity index (χ1n) is 11.2. The molecule has 1 unspecified atom stereocenters. The van der Waals surface area contributed by atoms with Gasteiger partial charge in [-0.05, 0) is 42.5 Å². The third-order valence-corrected chi connectivity index (χ3v) is 6.69. The van der Waals surface area contributed by atoms with Gasteiger partial charge in [-0.25, -0.2) is 0 Å². The van der Waals surface area contributed by atoms with Crippen molar-refractivity contribution in [2.75, 3.05) is 10.6 Å². The van der Waals surface area contributed by atoms with Crippen LogP contribution < -0.4 is 21.5 Å². The molecular formula is C27H24N4O2. The van der Waals surface area contributed by atoms with Crippen molar-refractivity contribution in [3.8, 4) is 0 Å². The number of hydrogen-bond donors (Lipinski definition) is 4. The Hall–Kier alpha value is -4.06. The average molecular weight is 437 g/mol. The minimum absolute atomic E-state index is 0.00726. The normalized spacial score (nSPS) is 22.2. The summed E-state index contributed by atoms with van der Waals surface area (Å²) in [5, 5.41) is 6.61. The highest BCUT2D eigenvalue weighted by molar-refractivity contribution is 6.07. The Labute approximate surface area is 192 Å². The van der Waals surface area contributed by atoms with Crippen molar-refractivity contribution in [1.82, 2.24) is 10.9 Å². The van der Waals surface area contributed by atoms with Gasteiger partial charge in [0.15, 0.2) is 0 Å². The largest absolute Gasteiger partial charge is 0.373 e. The predicted octanol–water partition coefficient (Wildman–Crippen LogP) is 4.49. The molecule has 164 valence electrons. The monoisotopic (exact) mass is 436 g/mol. The summed E-state index contributed by atoms with van der Waals surface area (Å²) in [5.74, 6) is -0.0205. The van der Waals surface area contributed by atoms with Gasteiger partial charge in [0.25, 0.3) is 5.91 Å². The molecule has 0 aromatic heterocycles. The Morgan fingerprint density at radius 3 is 2.64 bits per heavy atom. The Morgan fingerprint density at radius 1 is 1.00 bits per heavy atom. The first-order valence-corrected chi connectivity index (χ1v) is 11.2. The number of anilines is 2. The number of nitrogens with one attached hydrogen (secondary N) is 4. The highest BCUT2D eigenvalue weighted by Gasteiger charge is 2.44. The standard InChI is InChI=1S/C27H24N4O2/c1-15-6-5-9-17(10-15)25-22-14-28-31-27(33)21-11-18(12-23(30-25)24(21)22)29-26(32)20-13-19(20)16-7-3-2-4-8-16/h2-12,14,19-20,25,28,30H,13H2,1H3,(H,29,32)(H,31,33)/t19-,20+,25?/m0/s1. The highest BCUT2D eigenvalue weighted by atomic mass is 16.2. The lowest BCUT2D eigenvalue weighted by atomic mass is 9.93. The van der Waals surface area contributed by atoms with E-state index in [-0.39, 0.29) is 29.7 Å². The summed E-state index contributed by atoms with van der Waals surface area (Å²) in [5.41, 5.74) is 13.0. The quantitative estimate of drug-likeness (QED) is 0.486. The van der Waals surface area contributed by atoms with Crippen LogP contribution in [0.2, 0.25) is 0 Å². The second-order valence-electron chi connectivity index (χ2n) is 8.98. The second-order valence-corrected chi connectivity index (χ2v) is 8.98. The van der Waals surface area contributed by atoms with Gasteiger partial charge in [-0.3, -0.25) is 15.0 Å². The Bertz CT molecular complexity index is 1310. The molecule has 2 amide bonds. The Morgan fingerprint density at radius 2 is 1.82 bits per heavy atom. The van der Waals surface area contributed by atoms with Crippen LogP contribution in [-0.2, 0) is 4.79 Å². The summed E-state index contributed by atoms with van der Waals surface area (Å²) in [6.45, 7) is 2.07. The van der Waals surface area contributed by atoms with Crippen LogP contribution >= 0.6 is 0 Å². The summed E-state index contributed by atoms with van der Waals surface area (Å²) in [6.07, 6.45) is 2.69. The molecule has 3 aliphatic rings. The van der Waals surface area contributed by atoms with E-state index in [0.29, 0.717) is 11.3 Å². The molecule has 6 heteroatoms. The van der Waals surface area contributed by atoms with Crippen LogP contribution in [0.25, 0.3) is 5.57 Å². The molecule has 6 rings (SSSR count). The third kappa shape index (κ3) is 3.44. The van der Waals surface area contributed by atoms with Crippen molar-refractivity contribution in [1.29, 1.82) is 0 Å². The van der Waals surface area contributed by atoms with E-state index < -0.39 is 0 Å². The van der Waals surface area contributed by atoms with Crippen LogP contribution in [-0.4, -0.2) is 11.8 Å². The maximum atomic E-state index is 13.0. The number of carbonyl (C=O) groups is 2. The number of hydrazine groups is 1. The van der Waals surface area contributed by atoms with Gasteiger partial charge in [0.1, 0.15) is 0 Å². The molecule has 3 aromatic carbocycles. The minimum Gasteiger partial charge on any atom is -0.373 e. The molecule has 1 aliphatic carbocycles. The van der Waals surface area contributed by atoms with Gasteiger partial charge in [-0.2, -0.15) is 0 Å². The number of rotatable bonds is 4. The van der Waals surface area contributed by atoms with Crippen molar-refractivity contribution in [2.24, 2.45) is 5.92 Å². The average Bonchev–Trinajstić information content (AvgIpc) is 3.57. The summed E-state index contributed by atoms with van der Waals surface area (Å²) in [7, 11) is 0. The molecule has 3 atom stereocenters. The number of carbonyl (C=O) groups excluding carboxylic acids is 2. The van der Waals surface area contributed by atoms with Crippen LogP contribution in [0.5, 0.6) is 0 Å². The van der Waals surface area contributed by atoms with Gasteiger partial charge >= 0.3 is 0 Å². The molecule has 1 fully saturated rings. The van der Waals surface area contributed by atoms with E-state index in [4.69, 9.17) is 0 Å². The lowest BCUT2D eigenvalue weighted by Gasteiger charge is -2.15. The van der Waals surface area contributed by atoms with Crippen molar-refractivity contribution in [2.45, 2.75) is 25.3 Å². The van der Waals surface area contributed by atoms with Crippen LogP contribution in [0.1, 0.15) is 51.0 Å². The molecule has 0 bridgehead atoms. The van der Waals surface area contributed by atoms with Crippen molar-refractivity contribution >= 4 is 28.8 Å². The molecule has 0 radical (unpaired) electrons. The van der Waals surface area contributed by atoms with Gasteiger partial charge in [-0.1, -0.05) is 60.2 Å². The van der Waals surface area contributed by atoms with Crippen molar-refractivity contribution in [3.63, 3.8) is 0 Å². The smallest absolute Gasteiger partial charge is 0.270 e. The fourth-order valence-corrected chi connectivity index (χ4v) is 5.00. The maximum Gasteiger partial charge on any atom is 0.270 e. The van der Waals surface area contributed by atoms with E-state index in [1.807, 2.05) is 36.5 Å². The van der Waals surface area contributed by atoms with Crippen LogP contribution in [0.4, 0.5) is 11.4 Å². The summed E-state index contributed by atoms with van der Waals surface area (Å²) in [4.78, 5) is 25.8. The number of benzene rings is 3. The van der Waals surface area contributed by atoms with E-state index in [9.17, 15) is 9.59 Å². The van der Waals surface area contributed by atoms with E-state index >= 15 is 0 Å². The van der Waals surface area contributed by atoms with Crippen molar-refractivity contribution < 1.29 is 9.59 Å². The zero-order chi connectivity index (χ0) is 22.5. The Balaban J connectivity index is 1.30. The third-order valence-electron chi connectivity index (χ3n) is 6.69. The molecule has 6 nitrogen and oxygen atoms in total. The maximum absolute atomic E-state index is 13.0. The van der Waals surface area contributed by atoms with Crippen molar-refractivity contribution in [3.05, 3.63) is 101 Å². The van der Waals surface area contributed by atoms with E-state index in [0.717, 1.165) is 28.8 Å². The predicted molar refractivity (Wildman–Crippen MR) is 128 cm³/mol. The zero-order valence-electron chi connectivity index (χ0n) is 18.2. The van der Waals surface area contributed by atoms with Gasteiger partial charge in [0, 0.05) is 34.6 Å². The first-order chi connectivity index (χ1) is 16.1. The van der Waals surface area contributed by atoms with Gasteiger partial charge in [0.05, 0.1) is 11.6 Å². The number of amides is 2. The van der Waals surface area contributed by atoms with E-state index in [1.165, 1.54) is 11.1 Å². The number of hydrogen-bond acceptors (Lipinski definition) is 4. The zero-order valence-corrected chi connectivity index (χ0v) is 18.2. The molecule has 3 aromatic rings. The highest BCUT2D eigenvalue weighted by Crippen LogP contribution is 2.49. The molecule has 4 N–H and O–H groups in total. The molecule has 2 aliphatic heterocycles. The molecular weight excluding hydrogens is 412 g/mol. The minimum atomic E-state index is -0.228. The summed E-state index contributed by atoms with van der Waals surface area (Å²) < 4.78 is 0. The van der Waals surface area contributed by atoms with Gasteiger partial charge in [-0.15, -0.1) is 0 Å². The van der Waals surface area contributed by atoms with Crippen LogP contribution in [0.15, 0.2) is 72.9 Å². The molecule has 1 saturated carbocycles. The lowest BCUT2D eigenvalue weighted by molar-refractivity contribution is -0.117. The summed E-state index contributed by atoms with van der Waals surface area (Å²) in [6, 6.07) is 22.1. The van der Waals surface area contributed by atoms with Gasteiger partial charge in [0.2, 0.25) is 5.91 Å². The first kappa shape index (κ1) is 19.6. The van der Waals surface area contributed by atoms with Crippen LogP contribution in [0.3, 0.4) is 0 Å². The van der Waals surface area contributed by atoms with Crippen LogP contribution in [0, 0.1) is 12.8 Å². The molecule has 33 heavy (non-hydrogen) atoms. The summed E-state index contributed by atoms with van der Waals surface area (Å²) >= 11 is 0. The Kier molecular flexibility index (Phi) is 4.47. The van der Waals surface area contributed by atoms with E-state index in [2.05, 4.69) is 58.7 Å². The van der Waals surface area contributed by atoms with E-state index in [1.54, 1.807) is 6.07 Å². The van der Waals surface area contributed by atoms with Gasteiger partial charge < -0.3 is 16.1 Å². The molecule has 0 saturated heterocycles. The molecule has 0 spiro atoms. The molecule has 2 heterocycles. The fourth-order valence-electron chi connectivity index (χ4n) is 5.00.